The molecule has 2 saturated heterocycles. The molecule has 19 heavy (non-hydrogen) atoms. The topological polar surface area (TPSA) is 12.5 Å². The van der Waals surface area contributed by atoms with Crippen molar-refractivity contribution in [2.45, 2.75) is 43.9 Å². The van der Waals surface area contributed by atoms with Crippen LogP contribution >= 0.6 is 71.5 Å². The van der Waals surface area contributed by atoms with E-state index in [1.165, 1.54) is 12.8 Å². The Kier molecular flexibility index (Phi) is 5.69. The van der Waals surface area contributed by atoms with Gasteiger partial charge in [0, 0.05) is 12.1 Å². The van der Waals surface area contributed by atoms with Crippen molar-refractivity contribution in [2.75, 3.05) is 7.05 Å². The molecule has 3 heterocycles. The summed E-state index contributed by atoms with van der Waals surface area (Å²) < 4.78 is 9.37. The third-order valence-corrected chi connectivity index (χ3v) is 8.95. The summed E-state index contributed by atoms with van der Waals surface area (Å²) in [5.74, 6) is 0. The molecule has 3 rings (SSSR count). The smallest absolute Gasteiger partial charge is 0.190 e. The molecule has 0 spiro atoms. The predicted molar refractivity (Wildman–Crippen MR) is 92.9 cm³/mol. The molecule has 1 unspecified atom stereocenters. The summed E-state index contributed by atoms with van der Waals surface area (Å²) in [7, 11) is 2.26. The predicted octanol–water partition coefficient (Wildman–Crippen LogP) is 5.46. The molecule has 7 heteroatoms. The van der Waals surface area contributed by atoms with Crippen LogP contribution < -0.4 is 4.74 Å². The Bertz CT molecular complexity index is 456. The van der Waals surface area contributed by atoms with E-state index in [4.69, 9.17) is 4.74 Å². The number of nitrogens with zero attached hydrogens (tertiary/aromatic N) is 1. The van der Waals surface area contributed by atoms with Crippen molar-refractivity contribution in [3.8, 4) is 5.06 Å². The number of hydrogen-bond acceptors (Lipinski definition) is 3. The maximum atomic E-state index is 6.20. The lowest BCUT2D eigenvalue weighted by Gasteiger charge is -2.36. The van der Waals surface area contributed by atoms with Gasteiger partial charge < -0.3 is 9.64 Å². The third kappa shape index (κ3) is 3.19. The van der Waals surface area contributed by atoms with E-state index in [-0.39, 0.29) is 12.4 Å². The molecular weight excluding hydrogens is 481 g/mol. The van der Waals surface area contributed by atoms with Crippen molar-refractivity contribution in [3.63, 3.8) is 0 Å². The molecule has 2 fully saturated rings. The van der Waals surface area contributed by atoms with E-state index in [9.17, 15) is 0 Å². The monoisotopic (exact) mass is 493 g/mol. The highest BCUT2D eigenvalue weighted by atomic mass is 79.9. The zero-order valence-electron chi connectivity index (χ0n) is 10.4. The number of piperidine rings is 1. The first kappa shape index (κ1) is 16.6. The largest absolute Gasteiger partial charge is 0.480 e. The number of thiophene rings is 1. The Morgan fingerprint density at radius 3 is 2.16 bits per heavy atom. The van der Waals surface area contributed by atoms with Gasteiger partial charge >= 0.3 is 0 Å². The van der Waals surface area contributed by atoms with Crippen LogP contribution in [-0.4, -0.2) is 30.1 Å². The van der Waals surface area contributed by atoms with Crippen LogP contribution in [0.1, 0.15) is 25.7 Å². The minimum Gasteiger partial charge on any atom is -0.480 e. The molecule has 0 aliphatic carbocycles. The SMILES string of the molecule is CN1[C@@H]2CC[C@H]1CC(Oc1sc(Br)c(Br)c1Br)C2.Cl. The summed E-state index contributed by atoms with van der Waals surface area (Å²) in [5.41, 5.74) is 0. The average molecular weight is 496 g/mol. The summed E-state index contributed by atoms with van der Waals surface area (Å²) >= 11 is 12.3. The molecule has 108 valence electrons. The van der Waals surface area contributed by atoms with Gasteiger partial charge in [0.15, 0.2) is 5.06 Å². The van der Waals surface area contributed by atoms with Gasteiger partial charge in [0.1, 0.15) is 6.10 Å². The molecule has 2 aliphatic rings. The molecule has 0 aromatic carbocycles. The van der Waals surface area contributed by atoms with Gasteiger partial charge in [0.05, 0.1) is 12.7 Å². The summed E-state index contributed by atoms with van der Waals surface area (Å²) in [6, 6.07) is 1.44. The van der Waals surface area contributed by atoms with Gasteiger partial charge in [0.25, 0.3) is 0 Å². The van der Waals surface area contributed by atoms with Crippen molar-refractivity contribution >= 4 is 71.5 Å². The highest BCUT2D eigenvalue weighted by molar-refractivity contribution is 9.14. The van der Waals surface area contributed by atoms with E-state index in [1.807, 2.05) is 0 Å². The number of rotatable bonds is 2. The zero-order chi connectivity index (χ0) is 12.9. The van der Waals surface area contributed by atoms with Gasteiger partial charge in [0.2, 0.25) is 0 Å². The standard InChI is InChI=1S/C12H14Br3NOS.ClH/c1-16-6-2-3-7(16)5-8(4-6)17-12-10(14)9(13)11(15)18-12;/h6-8H,2-5H2,1H3;1H/t6-,7+,8?;. The van der Waals surface area contributed by atoms with Crippen LogP contribution in [0.5, 0.6) is 5.06 Å². The van der Waals surface area contributed by atoms with Crippen LogP contribution in [0.15, 0.2) is 12.7 Å². The maximum absolute atomic E-state index is 6.20. The highest BCUT2D eigenvalue weighted by Gasteiger charge is 2.39. The minimum atomic E-state index is 0. The van der Waals surface area contributed by atoms with Crippen molar-refractivity contribution in [2.24, 2.45) is 0 Å². The lowest BCUT2D eigenvalue weighted by molar-refractivity contribution is 0.0681. The van der Waals surface area contributed by atoms with E-state index in [1.54, 1.807) is 11.3 Å². The number of ether oxygens (including phenoxy) is 1. The fraction of sp³-hybridized carbons (Fsp3) is 0.667. The lowest BCUT2D eigenvalue weighted by Crippen LogP contribution is -2.43. The molecule has 3 atom stereocenters. The average Bonchev–Trinajstić information content (AvgIpc) is 2.71. The Balaban J connectivity index is 0.00000133. The summed E-state index contributed by atoms with van der Waals surface area (Å²) in [6.45, 7) is 0. The molecule has 2 nitrogen and oxygen atoms in total. The Morgan fingerprint density at radius 2 is 1.68 bits per heavy atom. The first-order valence-electron chi connectivity index (χ1n) is 6.08. The van der Waals surface area contributed by atoms with E-state index in [0.717, 1.165) is 42.7 Å². The molecule has 2 aliphatic heterocycles. The van der Waals surface area contributed by atoms with Crippen LogP contribution in [0.3, 0.4) is 0 Å². The minimum absolute atomic E-state index is 0. The van der Waals surface area contributed by atoms with Gasteiger partial charge in [-0.15, -0.1) is 12.4 Å². The first-order chi connectivity index (χ1) is 8.56. The molecule has 0 radical (unpaired) electrons. The number of halogens is 4. The molecule has 1 aromatic rings. The zero-order valence-corrected chi connectivity index (χ0v) is 16.8. The first-order valence-corrected chi connectivity index (χ1v) is 9.27. The van der Waals surface area contributed by atoms with E-state index < -0.39 is 0 Å². The fourth-order valence-corrected chi connectivity index (χ4v) is 5.89. The van der Waals surface area contributed by atoms with E-state index in [2.05, 4.69) is 59.7 Å². The van der Waals surface area contributed by atoms with Crippen molar-refractivity contribution < 1.29 is 4.74 Å². The molecule has 0 amide bonds. The van der Waals surface area contributed by atoms with E-state index in [0.29, 0.717) is 6.10 Å². The fourth-order valence-electron chi connectivity index (χ4n) is 3.03. The van der Waals surface area contributed by atoms with Gasteiger partial charge in [-0.3, -0.25) is 0 Å². The second kappa shape index (κ2) is 6.53. The van der Waals surface area contributed by atoms with Crippen LogP contribution in [-0.2, 0) is 0 Å². The van der Waals surface area contributed by atoms with E-state index >= 15 is 0 Å². The van der Waals surface area contributed by atoms with Crippen LogP contribution in [0.25, 0.3) is 0 Å². The molecule has 2 bridgehead atoms. The van der Waals surface area contributed by atoms with Gasteiger partial charge in [-0.05, 0) is 80.5 Å². The molecule has 0 saturated carbocycles. The van der Waals surface area contributed by atoms with Crippen LogP contribution in [0.4, 0.5) is 0 Å². The van der Waals surface area contributed by atoms with Gasteiger partial charge in [-0.2, -0.15) is 0 Å². The third-order valence-electron chi connectivity index (χ3n) is 4.06. The van der Waals surface area contributed by atoms with Gasteiger partial charge in [-0.25, -0.2) is 0 Å². The second-order valence-corrected chi connectivity index (χ2v) is 8.94. The van der Waals surface area contributed by atoms with Crippen LogP contribution in [0, 0.1) is 0 Å². The molecular formula is C12H15Br3ClNOS. The van der Waals surface area contributed by atoms with Crippen LogP contribution in [0.2, 0.25) is 0 Å². The summed E-state index contributed by atoms with van der Waals surface area (Å²) in [5, 5.41) is 0.989. The normalized spacial score (nSPS) is 30.2. The lowest BCUT2D eigenvalue weighted by atomic mass is 10.0. The highest BCUT2D eigenvalue weighted by Crippen LogP contribution is 2.47. The second-order valence-electron chi connectivity index (χ2n) is 5.05. The van der Waals surface area contributed by atoms with Gasteiger partial charge in [-0.1, -0.05) is 11.3 Å². The Hall–Kier alpha value is 1.19. The quantitative estimate of drug-likeness (QED) is 0.539. The van der Waals surface area contributed by atoms with Crippen molar-refractivity contribution in [1.29, 1.82) is 0 Å². The Morgan fingerprint density at radius 1 is 1.11 bits per heavy atom. The summed E-state index contributed by atoms with van der Waals surface area (Å²) in [4.78, 5) is 2.54. The summed E-state index contributed by atoms with van der Waals surface area (Å²) in [6.07, 6.45) is 5.35. The number of fused-ring (bicyclic) bond motifs is 2. The molecule has 0 N–H and O–H groups in total. The van der Waals surface area contributed by atoms with Crippen molar-refractivity contribution in [3.05, 3.63) is 12.7 Å². The number of hydrogen-bond donors (Lipinski definition) is 0. The maximum Gasteiger partial charge on any atom is 0.190 e. The van der Waals surface area contributed by atoms with Crippen molar-refractivity contribution in [1.82, 2.24) is 4.90 Å². The molecule has 1 aromatic heterocycles. The Labute approximate surface area is 149 Å².